The van der Waals surface area contributed by atoms with Crippen LogP contribution in [0.4, 0.5) is 13.2 Å². The van der Waals surface area contributed by atoms with Gasteiger partial charge in [-0.25, -0.2) is 0 Å². The van der Waals surface area contributed by atoms with Crippen molar-refractivity contribution >= 4 is 23.5 Å². The molecule has 0 spiro atoms. The van der Waals surface area contributed by atoms with Gasteiger partial charge in [0.25, 0.3) is 0 Å². The van der Waals surface area contributed by atoms with Gasteiger partial charge in [-0.05, 0) is 43.8 Å². The number of nitrogens with one attached hydrogen (secondary N) is 2. The zero-order valence-electron chi connectivity index (χ0n) is 10.5. The van der Waals surface area contributed by atoms with E-state index in [1.807, 2.05) is 13.8 Å². The maximum atomic E-state index is 12.3. The molecule has 0 aliphatic carbocycles. The minimum absolute atomic E-state index is 0.182. The molecule has 0 saturated heterocycles. The fraction of sp³-hybridized carbons (Fsp3) is 0.333. The number of thiocarbonyl (C=S) groups is 1. The summed E-state index contributed by atoms with van der Waals surface area (Å²) in [5.41, 5.74) is 2.44. The first-order valence-electron chi connectivity index (χ1n) is 5.56. The second-order valence-corrected chi connectivity index (χ2v) is 4.53. The van der Waals surface area contributed by atoms with Crippen molar-refractivity contribution in [3.05, 3.63) is 35.4 Å². The minimum atomic E-state index is -4.32. The van der Waals surface area contributed by atoms with Gasteiger partial charge in [-0.15, -0.1) is 0 Å². The van der Waals surface area contributed by atoms with Gasteiger partial charge in [0.05, 0.1) is 11.8 Å². The van der Waals surface area contributed by atoms with Crippen LogP contribution in [-0.4, -0.2) is 17.4 Å². The topological polar surface area (TPSA) is 36.4 Å². The Hall–Kier alpha value is -1.63. The SMILES string of the molecule is CC(C)NC(=S)N/N=C\c1ccc(C(F)(F)F)cc1. The summed E-state index contributed by atoms with van der Waals surface area (Å²) in [5.74, 6) is 0. The van der Waals surface area contributed by atoms with Gasteiger partial charge in [-0.2, -0.15) is 18.3 Å². The maximum Gasteiger partial charge on any atom is 0.416 e. The zero-order valence-corrected chi connectivity index (χ0v) is 11.3. The Morgan fingerprint density at radius 1 is 1.26 bits per heavy atom. The Labute approximate surface area is 114 Å². The second-order valence-electron chi connectivity index (χ2n) is 4.12. The third-order valence-electron chi connectivity index (χ3n) is 2.04. The second kappa shape index (κ2) is 6.51. The fourth-order valence-corrected chi connectivity index (χ4v) is 1.51. The molecule has 0 fully saturated rings. The van der Waals surface area contributed by atoms with E-state index in [0.717, 1.165) is 12.1 Å². The number of rotatable bonds is 3. The number of halogens is 3. The van der Waals surface area contributed by atoms with Crippen molar-refractivity contribution in [3.63, 3.8) is 0 Å². The van der Waals surface area contributed by atoms with Crippen LogP contribution < -0.4 is 10.7 Å². The first-order valence-corrected chi connectivity index (χ1v) is 5.96. The fourth-order valence-electron chi connectivity index (χ4n) is 1.22. The van der Waals surface area contributed by atoms with Crippen molar-refractivity contribution in [2.75, 3.05) is 0 Å². The molecular weight excluding hydrogens is 275 g/mol. The highest BCUT2D eigenvalue weighted by atomic mass is 32.1. The summed E-state index contributed by atoms with van der Waals surface area (Å²) in [6.07, 6.45) is -2.93. The molecule has 0 aliphatic heterocycles. The van der Waals surface area contributed by atoms with E-state index in [0.29, 0.717) is 10.7 Å². The Balaban J connectivity index is 2.56. The summed E-state index contributed by atoms with van der Waals surface area (Å²) in [5, 5.41) is 7.10. The molecule has 2 N–H and O–H groups in total. The van der Waals surface area contributed by atoms with Crippen molar-refractivity contribution in [1.82, 2.24) is 10.7 Å². The van der Waals surface area contributed by atoms with E-state index < -0.39 is 11.7 Å². The average Bonchev–Trinajstić information content (AvgIpc) is 2.27. The van der Waals surface area contributed by atoms with Gasteiger partial charge in [-0.1, -0.05) is 12.1 Å². The molecule has 0 bridgehead atoms. The average molecular weight is 289 g/mol. The summed E-state index contributed by atoms with van der Waals surface area (Å²) < 4.78 is 37.0. The zero-order chi connectivity index (χ0) is 14.5. The van der Waals surface area contributed by atoms with Crippen LogP contribution in [0.1, 0.15) is 25.0 Å². The number of hydrogen-bond donors (Lipinski definition) is 2. The molecule has 1 aromatic rings. The molecule has 1 rings (SSSR count). The summed E-state index contributed by atoms with van der Waals surface area (Å²) in [7, 11) is 0. The molecule has 7 heteroatoms. The summed E-state index contributed by atoms with van der Waals surface area (Å²) in [6.45, 7) is 3.85. The van der Waals surface area contributed by atoms with E-state index in [-0.39, 0.29) is 6.04 Å². The van der Waals surface area contributed by atoms with Crippen LogP contribution in [0.3, 0.4) is 0 Å². The van der Waals surface area contributed by atoms with E-state index in [4.69, 9.17) is 12.2 Å². The Kier molecular flexibility index (Phi) is 5.29. The molecular formula is C12H14F3N3S. The van der Waals surface area contributed by atoms with Crippen LogP contribution in [0, 0.1) is 0 Å². The van der Waals surface area contributed by atoms with Gasteiger partial charge in [0, 0.05) is 6.04 Å². The van der Waals surface area contributed by atoms with Gasteiger partial charge >= 0.3 is 6.18 Å². The summed E-state index contributed by atoms with van der Waals surface area (Å²) in [6, 6.07) is 4.87. The van der Waals surface area contributed by atoms with E-state index in [9.17, 15) is 13.2 Å². The Morgan fingerprint density at radius 3 is 2.32 bits per heavy atom. The number of benzene rings is 1. The van der Waals surface area contributed by atoms with E-state index in [1.165, 1.54) is 18.3 Å². The molecule has 0 amide bonds. The predicted molar refractivity (Wildman–Crippen MR) is 73.0 cm³/mol. The predicted octanol–water partition coefficient (Wildman–Crippen LogP) is 2.91. The molecule has 104 valence electrons. The van der Waals surface area contributed by atoms with Gasteiger partial charge in [0.1, 0.15) is 0 Å². The highest BCUT2D eigenvalue weighted by Gasteiger charge is 2.29. The minimum Gasteiger partial charge on any atom is -0.359 e. The molecule has 0 aromatic heterocycles. The van der Waals surface area contributed by atoms with Crippen LogP contribution >= 0.6 is 12.2 Å². The number of hydrazone groups is 1. The van der Waals surface area contributed by atoms with Gasteiger partial charge in [0.2, 0.25) is 0 Å². The molecule has 0 heterocycles. The third kappa shape index (κ3) is 5.69. The van der Waals surface area contributed by atoms with Crippen LogP contribution in [0.2, 0.25) is 0 Å². The first kappa shape index (κ1) is 15.4. The third-order valence-corrected chi connectivity index (χ3v) is 2.25. The van der Waals surface area contributed by atoms with Crippen molar-refractivity contribution in [2.45, 2.75) is 26.1 Å². The molecule has 0 aliphatic rings. The van der Waals surface area contributed by atoms with Crippen molar-refractivity contribution in [1.29, 1.82) is 0 Å². The molecule has 3 nitrogen and oxygen atoms in total. The van der Waals surface area contributed by atoms with Crippen LogP contribution in [-0.2, 0) is 6.18 Å². The lowest BCUT2D eigenvalue weighted by Gasteiger charge is -2.09. The van der Waals surface area contributed by atoms with Crippen LogP contribution in [0.5, 0.6) is 0 Å². The molecule has 0 radical (unpaired) electrons. The molecule has 0 unspecified atom stereocenters. The monoisotopic (exact) mass is 289 g/mol. The summed E-state index contributed by atoms with van der Waals surface area (Å²) in [4.78, 5) is 0. The van der Waals surface area contributed by atoms with Crippen molar-refractivity contribution in [2.24, 2.45) is 5.10 Å². The maximum absolute atomic E-state index is 12.3. The molecule has 1 aromatic carbocycles. The van der Waals surface area contributed by atoms with E-state index in [1.54, 1.807) is 0 Å². The quantitative estimate of drug-likeness (QED) is 0.510. The molecule has 0 saturated carbocycles. The Bertz CT molecular complexity index is 452. The highest BCUT2D eigenvalue weighted by Crippen LogP contribution is 2.28. The number of alkyl halides is 3. The lowest BCUT2D eigenvalue weighted by Crippen LogP contribution is -2.36. The standard InChI is InChI=1S/C12H14F3N3S/c1-8(2)17-11(19)18-16-7-9-3-5-10(6-4-9)12(13,14)15/h3-8H,1-2H3,(H2,17,18,19)/b16-7-. The lowest BCUT2D eigenvalue weighted by atomic mass is 10.1. The first-order chi connectivity index (χ1) is 8.79. The van der Waals surface area contributed by atoms with Crippen molar-refractivity contribution < 1.29 is 13.2 Å². The number of nitrogens with zero attached hydrogens (tertiary/aromatic N) is 1. The van der Waals surface area contributed by atoms with Gasteiger partial charge < -0.3 is 5.32 Å². The van der Waals surface area contributed by atoms with Gasteiger partial charge in [-0.3, -0.25) is 5.43 Å². The van der Waals surface area contributed by atoms with E-state index in [2.05, 4.69) is 15.8 Å². The molecule has 0 atom stereocenters. The highest BCUT2D eigenvalue weighted by molar-refractivity contribution is 7.80. The van der Waals surface area contributed by atoms with Crippen molar-refractivity contribution in [3.8, 4) is 0 Å². The van der Waals surface area contributed by atoms with E-state index >= 15 is 0 Å². The number of hydrogen-bond acceptors (Lipinski definition) is 2. The smallest absolute Gasteiger partial charge is 0.359 e. The van der Waals surface area contributed by atoms with Gasteiger partial charge in [0.15, 0.2) is 5.11 Å². The lowest BCUT2D eigenvalue weighted by molar-refractivity contribution is -0.137. The normalized spacial score (nSPS) is 11.9. The largest absolute Gasteiger partial charge is 0.416 e. The summed E-state index contributed by atoms with van der Waals surface area (Å²) >= 11 is 4.93. The molecule has 19 heavy (non-hydrogen) atoms. The Morgan fingerprint density at radius 2 is 1.84 bits per heavy atom. The van der Waals surface area contributed by atoms with Crippen LogP contribution in [0.15, 0.2) is 29.4 Å². The van der Waals surface area contributed by atoms with Crippen LogP contribution in [0.25, 0.3) is 0 Å².